The molecule has 3 rings (SSSR count). The van der Waals surface area contributed by atoms with Crippen molar-refractivity contribution >= 4 is 45.6 Å². The molecule has 0 spiro atoms. The maximum Gasteiger partial charge on any atom is 0.266 e. The van der Waals surface area contributed by atoms with E-state index in [0.717, 1.165) is 5.69 Å². The number of anilines is 1. The van der Waals surface area contributed by atoms with Gasteiger partial charge in [0.15, 0.2) is 11.2 Å². The molecule has 7 heteroatoms. The van der Waals surface area contributed by atoms with E-state index >= 15 is 0 Å². The number of benzene rings is 1. The fraction of sp³-hybridized carbons (Fsp3) is 0.333. The van der Waals surface area contributed by atoms with Gasteiger partial charge in [-0.3, -0.25) is 10.1 Å². The minimum Gasteiger partial charge on any atom is -0.479 e. The van der Waals surface area contributed by atoms with Gasteiger partial charge in [-0.25, -0.2) is 4.98 Å². The SMILES string of the molecule is C[C@@H](Oc1ccc(Cl)cc1Cl)C(=O)Nc1nc(C2CC2)cs1. The van der Waals surface area contributed by atoms with Gasteiger partial charge in [-0.05, 0) is 38.0 Å². The summed E-state index contributed by atoms with van der Waals surface area (Å²) in [6, 6.07) is 4.88. The van der Waals surface area contributed by atoms with Crippen molar-refractivity contribution in [1.82, 2.24) is 4.98 Å². The van der Waals surface area contributed by atoms with Crippen LogP contribution in [0.15, 0.2) is 23.6 Å². The second-order valence-electron chi connectivity index (χ2n) is 5.18. The molecule has 1 N–H and O–H groups in total. The van der Waals surface area contributed by atoms with E-state index in [1.54, 1.807) is 25.1 Å². The number of halogens is 2. The number of amides is 1. The van der Waals surface area contributed by atoms with E-state index in [2.05, 4.69) is 10.3 Å². The first-order chi connectivity index (χ1) is 10.5. The fourth-order valence-electron chi connectivity index (χ4n) is 1.93. The van der Waals surface area contributed by atoms with Gasteiger partial charge >= 0.3 is 0 Å². The van der Waals surface area contributed by atoms with Crippen molar-refractivity contribution in [2.45, 2.75) is 31.8 Å². The van der Waals surface area contributed by atoms with Crippen LogP contribution in [0, 0.1) is 0 Å². The van der Waals surface area contributed by atoms with Crippen LogP contribution in [0.2, 0.25) is 10.0 Å². The highest BCUT2D eigenvalue weighted by molar-refractivity contribution is 7.13. The van der Waals surface area contributed by atoms with Crippen molar-refractivity contribution in [1.29, 1.82) is 0 Å². The summed E-state index contributed by atoms with van der Waals surface area (Å²) < 4.78 is 5.57. The van der Waals surface area contributed by atoms with Crippen LogP contribution in [-0.4, -0.2) is 17.0 Å². The lowest BCUT2D eigenvalue weighted by atomic mass is 10.3. The Labute approximate surface area is 142 Å². The van der Waals surface area contributed by atoms with Gasteiger partial charge in [0, 0.05) is 16.3 Å². The Balaban J connectivity index is 1.60. The van der Waals surface area contributed by atoms with E-state index in [4.69, 9.17) is 27.9 Å². The van der Waals surface area contributed by atoms with Crippen LogP contribution in [0.25, 0.3) is 0 Å². The average Bonchev–Trinajstić information content (AvgIpc) is 3.22. The van der Waals surface area contributed by atoms with Crippen molar-refractivity contribution in [3.05, 3.63) is 39.3 Å². The van der Waals surface area contributed by atoms with Gasteiger partial charge in [0.2, 0.25) is 0 Å². The van der Waals surface area contributed by atoms with Crippen molar-refractivity contribution in [3.63, 3.8) is 0 Å². The van der Waals surface area contributed by atoms with Crippen LogP contribution < -0.4 is 10.1 Å². The summed E-state index contributed by atoms with van der Waals surface area (Å²) in [5.41, 5.74) is 1.06. The highest BCUT2D eigenvalue weighted by atomic mass is 35.5. The zero-order chi connectivity index (χ0) is 15.7. The van der Waals surface area contributed by atoms with Gasteiger partial charge in [-0.2, -0.15) is 0 Å². The predicted molar refractivity (Wildman–Crippen MR) is 89.3 cm³/mol. The standard InChI is InChI=1S/C15H14Cl2N2O2S/c1-8(21-13-5-4-10(16)6-11(13)17)14(20)19-15-18-12(7-22-15)9-2-3-9/h4-9H,2-3H2,1H3,(H,18,19,20)/t8-/m1/s1. The Morgan fingerprint density at radius 3 is 2.91 bits per heavy atom. The van der Waals surface area contributed by atoms with Crippen molar-refractivity contribution in [2.75, 3.05) is 5.32 Å². The molecule has 1 aliphatic carbocycles. The first-order valence-corrected chi connectivity index (χ1v) is 8.54. The van der Waals surface area contributed by atoms with E-state index in [-0.39, 0.29) is 5.91 Å². The number of carbonyl (C=O) groups excluding carboxylic acids is 1. The molecule has 1 fully saturated rings. The minimum absolute atomic E-state index is 0.261. The lowest BCUT2D eigenvalue weighted by molar-refractivity contribution is -0.122. The topological polar surface area (TPSA) is 51.2 Å². The van der Waals surface area contributed by atoms with Crippen LogP contribution >= 0.6 is 34.5 Å². The Morgan fingerprint density at radius 2 is 2.23 bits per heavy atom. The van der Waals surface area contributed by atoms with Crippen LogP contribution in [-0.2, 0) is 4.79 Å². The summed E-state index contributed by atoms with van der Waals surface area (Å²) in [6.07, 6.45) is 1.68. The summed E-state index contributed by atoms with van der Waals surface area (Å²) in [6.45, 7) is 1.66. The van der Waals surface area contributed by atoms with Crippen LogP contribution in [0.3, 0.4) is 0 Å². The van der Waals surface area contributed by atoms with Crippen LogP contribution in [0.4, 0.5) is 5.13 Å². The molecule has 0 bridgehead atoms. The molecule has 1 atom stereocenters. The molecule has 0 unspecified atom stereocenters. The summed E-state index contributed by atoms with van der Waals surface area (Å²) >= 11 is 13.3. The number of nitrogens with zero attached hydrogens (tertiary/aromatic N) is 1. The number of hydrogen-bond acceptors (Lipinski definition) is 4. The maximum atomic E-state index is 12.2. The largest absolute Gasteiger partial charge is 0.479 e. The van der Waals surface area contributed by atoms with E-state index in [1.165, 1.54) is 24.2 Å². The van der Waals surface area contributed by atoms with Crippen LogP contribution in [0.1, 0.15) is 31.4 Å². The van der Waals surface area contributed by atoms with E-state index in [1.807, 2.05) is 5.38 Å². The molecule has 0 saturated heterocycles. The number of hydrogen-bond donors (Lipinski definition) is 1. The van der Waals surface area contributed by atoms with Gasteiger partial charge < -0.3 is 4.74 Å². The lowest BCUT2D eigenvalue weighted by Crippen LogP contribution is -2.30. The van der Waals surface area contributed by atoms with E-state index in [0.29, 0.717) is 26.8 Å². The van der Waals surface area contributed by atoms with Gasteiger partial charge in [0.25, 0.3) is 5.91 Å². The molecule has 22 heavy (non-hydrogen) atoms. The quantitative estimate of drug-likeness (QED) is 0.841. The second kappa shape index (κ2) is 6.44. The van der Waals surface area contributed by atoms with Gasteiger partial charge in [0.05, 0.1) is 10.7 Å². The molecular weight excluding hydrogens is 343 g/mol. The Hall–Kier alpha value is -1.30. The van der Waals surface area contributed by atoms with Gasteiger partial charge in [-0.15, -0.1) is 11.3 Å². The first kappa shape index (κ1) is 15.6. The molecule has 0 radical (unpaired) electrons. The highest BCUT2D eigenvalue weighted by Crippen LogP contribution is 2.40. The third-order valence-electron chi connectivity index (χ3n) is 3.31. The first-order valence-electron chi connectivity index (χ1n) is 6.91. The zero-order valence-electron chi connectivity index (χ0n) is 11.8. The molecule has 1 amide bonds. The molecule has 2 aromatic rings. The number of ether oxygens (including phenoxy) is 1. The number of nitrogens with one attached hydrogen (secondary N) is 1. The van der Waals surface area contributed by atoms with Crippen molar-refractivity contribution in [3.8, 4) is 5.75 Å². The van der Waals surface area contributed by atoms with Gasteiger partial charge in [0.1, 0.15) is 5.75 Å². The lowest BCUT2D eigenvalue weighted by Gasteiger charge is -2.14. The molecule has 1 saturated carbocycles. The fourth-order valence-corrected chi connectivity index (χ4v) is 3.18. The van der Waals surface area contributed by atoms with Gasteiger partial charge in [-0.1, -0.05) is 23.2 Å². The Morgan fingerprint density at radius 1 is 1.45 bits per heavy atom. The number of aromatic nitrogens is 1. The average molecular weight is 357 g/mol. The Bertz CT molecular complexity index is 701. The van der Waals surface area contributed by atoms with E-state index in [9.17, 15) is 4.79 Å². The smallest absolute Gasteiger partial charge is 0.266 e. The number of thiazole rings is 1. The maximum absolute atomic E-state index is 12.2. The molecule has 1 heterocycles. The summed E-state index contributed by atoms with van der Waals surface area (Å²) in [4.78, 5) is 16.6. The summed E-state index contributed by atoms with van der Waals surface area (Å²) in [7, 11) is 0. The summed E-state index contributed by atoms with van der Waals surface area (Å²) in [5.74, 6) is 0.734. The van der Waals surface area contributed by atoms with Crippen LogP contribution in [0.5, 0.6) is 5.75 Å². The van der Waals surface area contributed by atoms with E-state index < -0.39 is 6.10 Å². The monoisotopic (exact) mass is 356 g/mol. The minimum atomic E-state index is -0.688. The highest BCUT2D eigenvalue weighted by Gasteiger charge is 2.26. The molecular formula is C15H14Cl2N2O2S. The number of carbonyl (C=O) groups is 1. The summed E-state index contributed by atoms with van der Waals surface area (Å²) in [5, 5.41) is 6.26. The predicted octanol–water partition coefficient (Wildman–Crippen LogP) is 4.73. The molecule has 1 aromatic heterocycles. The second-order valence-corrected chi connectivity index (χ2v) is 6.88. The van der Waals surface area contributed by atoms with Crippen molar-refractivity contribution < 1.29 is 9.53 Å². The molecule has 1 aromatic carbocycles. The molecule has 4 nitrogen and oxygen atoms in total. The molecule has 116 valence electrons. The normalized spacial score (nSPS) is 15.4. The Kier molecular flexibility index (Phi) is 4.57. The zero-order valence-corrected chi connectivity index (χ0v) is 14.1. The molecule has 0 aliphatic heterocycles. The molecule has 1 aliphatic rings. The van der Waals surface area contributed by atoms with Crippen molar-refractivity contribution in [2.24, 2.45) is 0 Å². The number of rotatable bonds is 5. The third-order valence-corrected chi connectivity index (χ3v) is 4.62. The third kappa shape index (κ3) is 3.72.